The Morgan fingerprint density at radius 3 is 2.63 bits per heavy atom. The number of benzene rings is 2. The molecule has 3 rings (SSSR count). The number of nitro groups is 1. The van der Waals surface area contributed by atoms with Gasteiger partial charge >= 0.3 is 11.7 Å². The van der Waals surface area contributed by atoms with Crippen molar-refractivity contribution in [2.75, 3.05) is 5.32 Å². The Balaban J connectivity index is 1.66. The lowest BCUT2D eigenvalue weighted by molar-refractivity contribution is -0.387. The van der Waals surface area contributed by atoms with Crippen molar-refractivity contribution in [1.29, 1.82) is 0 Å². The molecule has 0 aliphatic carbocycles. The number of nitrogens with zero attached hydrogens (tertiary/aromatic N) is 1. The molecule has 0 radical (unpaired) electrons. The van der Waals surface area contributed by atoms with E-state index in [1.54, 1.807) is 30.3 Å². The van der Waals surface area contributed by atoms with Crippen LogP contribution in [0.3, 0.4) is 0 Å². The summed E-state index contributed by atoms with van der Waals surface area (Å²) >= 11 is 6.10. The van der Waals surface area contributed by atoms with Gasteiger partial charge in [-0.15, -0.1) is 0 Å². The van der Waals surface area contributed by atoms with E-state index in [-0.39, 0.29) is 11.4 Å². The van der Waals surface area contributed by atoms with Gasteiger partial charge < -0.3 is 14.5 Å². The van der Waals surface area contributed by atoms with Gasteiger partial charge in [-0.1, -0.05) is 23.7 Å². The van der Waals surface area contributed by atoms with Crippen LogP contribution in [0.25, 0.3) is 11.3 Å². The first-order valence-corrected chi connectivity index (χ1v) is 8.94. The number of hydrogen-bond acceptors (Lipinski definition) is 6. The molecule has 30 heavy (non-hydrogen) atoms. The molecule has 0 saturated heterocycles. The highest BCUT2D eigenvalue weighted by molar-refractivity contribution is 6.33. The Kier molecular flexibility index (Phi) is 6.12. The van der Waals surface area contributed by atoms with E-state index in [1.165, 1.54) is 13.0 Å². The molecule has 8 nitrogen and oxygen atoms in total. The summed E-state index contributed by atoms with van der Waals surface area (Å²) in [6, 6.07) is 12.7. The molecular formula is C20H14ClFN2O6. The fourth-order valence-electron chi connectivity index (χ4n) is 2.50. The van der Waals surface area contributed by atoms with E-state index in [0.29, 0.717) is 16.3 Å². The van der Waals surface area contributed by atoms with Crippen LogP contribution >= 0.6 is 11.6 Å². The number of hydrogen-bond donors (Lipinski definition) is 1. The van der Waals surface area contributed by atoms with Gasteiger partial charge in [-0.2, -0.15) is 4.39 Å². The monoisotopic (exact) mass is 432 g/mol. The number of halogens is 2. The molecule has 1 heterocycles. The Morgan fingerprint density at radius 2 is 1.93 bits per heavy atom. The first-order chi connectivity index (χ1) is 14.3. The minimum Gasteiger partial charge on any atom is -0.449 e. The highest BCUT2D eigenvalue weighted by Crippen LogP contribution is 2.29. The number of carbonyl (C=O) groups excluding carboxylic acids is 2. The number of nitro benzene ring substituents is 1. The van der Waals surface area contributed by atoms with Crippen LogP contribution in [-0.2, 0) is 9.53 Å². The van der Waals surface area contributed by atoms with Gasteiger partial charge in [-0.3, -0.25) is 14.9 Å². The smallest absolute Gasteiger partial charge is 0.375 e. The fraction of sp³-hybridized carbons (Fsp3) is 0.100. The molecule has 0 spiro atoms. The minimum absolute atomic E-state index is 0.0185. The summed E-state index contributed by atoms with van der Waals surface area (Å²) < 4.78 is 23.9. The van der Waals surface area contributed by atoms with Crippen molar-refractivity contribution in [3.8, 4) is 11.3 Å². The quantitative estimate of drug-likeness (QED) is 0.339. The largest absolute Gasteiger partial charge is 0.449 e. The highest BCUT2D eigenvalue weighted by atomic mass is 35.5. The molecule has 1 N–H and O–H groups in total. The van der Waals surface area contributed by atoms with E-state index < -0.39 is 34.4 Å². The summed E-state index contributed by atoms with van der Waals surface area (Å²) in [5.74, 6) is -2.47. The van der Waals surface area contributed by atoms with Crippen molar-refractivity contribution in [3.63, 3.8) is 0 Å². The van der Waals surface area contributed by atoms with E-state index in [4.69, 9.17) is 20.8 Å². The third-order valence-electron chi connectivity index (χ3n) is 4.01. The van der Waals surface area contributed by atoms with E-state index in [1.807, 2.05) is 0 Å². The second-order valence-electron chi connectivity index (χ2n) is 6.10. The number of carbonyl (C=O) groups is 2. The molecule has 0 aliphatic heterocycles. The number of rotatable bonds is 6. The highest BCUT2D eigenvalue weighted by Gasteiger charge is 2.23. The standard InChI is InChI=1S/C20H14ClFN2O6/c1-11(19(25)23-12-6-7-15(22)16(10-12)24(27)28)29-20(26)18-9-8-17(30-18)13-4-2-3-5-14(13)21/h2-11H,1H3,(H,23,25). The molecule has 10 heteroatoms. The Hall–Kier alpha value is -3.72. The van der Waals surface area contributed by atoms with Crippen molar-refractivity contribution in [2.45, 2.75) is 13.0 Å². The van der Waals surface area contributed by atoms with Gasteiger partial charge in [0.05, 0.1) is 9.95 Å². The first-order valence-electron chi connectivity index (χ1n) is 8.57. The van der Waals surface area contributed by atoms with Gasteiger partial charge in [0.15, 0.2) is 6.10 Å². The molecule has 154 valence electrons. The molecule has 0 bridgehead atoms. The molecule has 1 aromatic heterocycles. The Morgan fingerprint density at radius 1 is 1.20 bits per heavy atom. The lowest BCUT2D eigenvalue weighted by Gasteiger charge is -2.12. The molecular weight excluding hydrogens is 419 g/mol. The van der Waals surface area contributed by atoms with Crippen molar-refractivity contribution in [1.82, 2.24) is 0 Å². The maximum Gasteiger partial charge on any atom is 0.375 e. The topological polar surface area (TPSA) is 112 Å². The summed E-state index contributed by atoms with van der Waals surface area (Å²) in [6.07, 6.45) is -1.25. The summed E-state index contributed by atoms with van der Waals surface area (Å²) in [5, 5.41) is 13.5. The second kappa shape index (κ2) is 8.75. The molecule has 1 amide bonds. The summed E-state index contributed by atoms with van der Waals surface area (Å²) in [5.41, 5.74) is -0.225. The second-order valence-corrected chi connectivity index (χ2v) is 6.51. The van der Waals surface area contributed by atoms with E-state index >= 15 is 0 Å². The molecule has 3 aromatic rings. The number of ether oxygens (including phenoxy) is 1. The zero-order valence-corrected chi connectivity index (χ0v) is 16.2. The zero-order valence-electron chi connectivity index (χ0n) is 15.4. The van der Waals surface area contributed by atoms with Crippen LogP contribution in [0.5, 0.6) is 0 Å². The van der Waals surface area contributed by atoms with Crippen LogP contribution in [-0.4, -0.2) is 22.9 Å². The van der Waals surface area contributed by atoms with Crippen LogP contribution in [0.2, 0.25) is 5.02 Å². The Bertz CT molecular complexity index is 1130. The van der Waals surface area contributed by atoms with Gasteiger partial charge in [-0.05, 0) is 43.3 Å². The van der Waals surface area contributed by atoms with E-state index in [2.05, 4.69) is 5.32 Å². The van der Waals surface area contributed by atoms with Gasteiger partial charge in [0.2, 0.25) is 11.6 Å². The molecule has 0 saturated carbocycles. The van der Waals surface area contributed by atoms with Crippen molar-refractivity contribution in [3.05, 3.63) is 81.3 Å². The number of amides is 1. The van der Waals surface area contributed by atoms with Gasteiger partial charge in [-0.25, -0.2) is 4.79 Å². The van der Waals surface area contributed by atoms with Crippen LogP contribution in [0, 0.1) is 15.9 Å². The van der Waals surface area contributed by atoms with E-state index in [9.17, 15) is 24.1 Å². The van der Waals surface area contributed by atoms with Crippen molar-refractivity contribution >= 4 is 34.9 Å². The van der Waals surface area contributed by atoms with Crippen LogP contribution in [0.1, 0.15) is 17.5 Å². The fourth-order valence-corrected chi connectivity index (χ4v) is 2.73. The van der Waals surface area contributed by atoms with Gasteiger partial charge in [0, 0.05) is 17.3 Å². The average molecular weight is 433 g/mol. The maximum atomic E-state index is 13.4. The van der Waals surface area contributed by atoms with Gasteiger partial charge in [0.25, 0.3) is 5.91 Å². The predicted octanol–water partition coefficient (Wildman–Crippen LogP) is 4.83. The third kappa shape index (κ3) is 4.64. The Labute approximate surface area is 174 Å². The average Bonchev–Trinajstić information content (AvgIpc) is 3.19. The normalized spacial score (nSPS) is 11.6. The molecule has 2 aromatic carbocycles. The molecule has 1 atom stereocenters. The predicted molar refractivity (Wildman–Crippen MR) is 106 cm³/mol. The van der Waals surface area contributed by atoms with E-state index in [0.717, 1.165) is 18.2 Å². The summed E-state index contributed by atoms with van der Waals surface area (Å²) in [7, 11) is 0. The molecule has 0 aliphatic rings. The van der Waals surface area contributed by atoms with Crippen LogP contribution < -0.4 is 5.32 Å². The number of anilines is 1. The SMILES string of the molecule is CC(OC(=O)c1ccc(-c2ccccc2Cl)o1)C(=O)Nc1ccc(F)c([N+](=O)[O-])c1. The summed E-state index contributed by atoms with van der Waals surface area (Å²) in [4.78, 5) is 34.4. The number of furan rings is 1. The maximum absolute atomic E-state index is 13.4. The number of nitrogens with one attached hydrogen (secondary N) is 1. The van der Waals surface area contributed by atoms with Crippen LogP contribution in [0.15, 0.2) is 59.0 Å². The zero-order chi connectivity index (χ0) is 21.8. The van der Waals surface area contributed by atoms with Crippen molar-refractivity contribution < 1.29 is 28.1 Å². The number of esters is 1. The van der Waals surface area contributed by atoms with Gasteiger partial charge in [0.1, 0.15) is 5.76 Å². The summed E-state index contributed by atoms with van der Waals surface area (Å²) in [6.45, 7) is 1.31. The lowest BCUT2D eigenvalue weighted by Crippen LogP contribution is -2.29. The minimum atomic E-state index is -1.25. The first kappa shape index (κ1) is 21.0. The molecule has 1 unspecified atom stereocenters. The lowest BCUT2D eigenvalue weighted by atomic mass is 10.2. The molecule has 0 fully saturated rings. The third-order valence-corrected chi connectivity index (χ3v) is 4.34. The van der Waals surface area contributed by atoms with Crippen LogP contribution in [0.4, 0.5) is 15.8 Å². The van der Waals surface area contributed by atoms with Crippen molar-refractivity contribution in [2.24, 2.45) is 0 Å².